The van der Waals surface area contributed by atoms with Gasteiger partial charge in [0, 0.05) is 60.8 Å². The minimum atomic E-state index is -0.993. The molecule has 0 saturated carbocycles. The highest BCUT2D eigenvalue weighted by molar-refractivity contribution is 6.35. The van der Waals surface area contributed by atoms with E-state index in [-0.39, 0.29) is 17.8 Å². The number of rotatable bonds is 10. The molecule has 2 aromatic heterocycles. The Bertz CT molecular complexity index is 1490. The number of likely N-dealkylation sites (tertiary alicyclic amines) is 1. The van der Waals surface area contributed by atoms with Gasteiger partial charge < -0.3 is 24.4 Å². The monoisotopic (exact) mass is 670 g/mol. The number of aliphatic hydroxyl groups is 1. The van der Waals surface area contributed by atoms with E-state index in [0.717, 1.165) is 37.1 Å². The van der Waals surface area contributed by atoms with Crippen LogP contribution < -0.4 is 9.64 Å². The zero-order chi connectivity index (χ0) is 32.8. The fourth-order valence-corrected chi connectivity index (χ4v) is 6.25. The van der Waals surface area contributed by atoms with Gasteiger partial charge in [0.05, 0.1) is 25.2 Å². The summed E-state index contributed by atoms with van der Waals surface area (Å²) in [4.78, 5) is 44.1. The maximum atomic E-state index is 12.5. The predicted octanol–water partition coefficient (Wildman–Crippen LogP) is 5.08. The van der Waals surface area contributed by atoms with Gasteiger partial charge in [-0.15, -0.1) is 0 Å². The number of esters is 1. The number of carbonyl (C=O) groups excluding carboxylic acids is 2. The zero-order valence-corrected chi connectivity index (χ0v) is 27.9. The van der Waals surface area contributed by atoms with E-state index in [1.165, 1.54) is 7.11 Å². The van der Waals surface area contributed by atoms with Gasteiger partial charge in [-0.05, 0) is 67.6 Å². The number of benzene rings is 1. The van der Waals surface area contributed by atoms with Crippen LogP contribution >= 0.6 is 23.2 Å². The number of methoxy groups -OCH3 is 1. The molecule has 3 aromatic rings. The Morgan fingerprint density at radius 2 is 1.61 bits per heavy atom. The van der Waals surface area contributed by atoms with E-state index in [1.54, 1.807) is 23.4 Å². The van der Waals surface area contributed by atoms with E-state index < -0.39 is 6.10 Å². The molecule has 0 bridgehead atoms. The van der Waals surface area contributed by atoms with Crippen LogP contribution in [0.5, 0.6) is 11.6 Å². The molecule has 2 aliphatic heterocycles. The Morgan fingerprint density at radius 1 is 0.957 bits per heavy atom. The number of amides is 1. The molecule has 1 unspecified atom stereocenters. The minimum absolute atomic E-state index is 0.132. The van der Waals surface area contributed by atoms with Gasteiger partial charge in [-0.25, -0.2) is 15.0 Å². The molecule has 0 aliphatic carbocycles. The van der Waals surface area contributed by atoms with E-state index in [1.807, 2.05) is 43.0 Å². The predicted molar refractivity (Wildman–Crippen MR) is 176 cm³/mol. The van der Waals surface area contributed by atoms with E-state index in [4.69, 9.17) is 37.7 Å². The molecule has 2 fully saturated rings. The molecule has 46 heavy (non-hydrogen) atoms. The van der Waals surface area contributed by atoms with Gasteiger partial charge in [0.2, 0.25) is 11.8 Å². The molecule has 1 atom stereocenters. The number of anilines is 1. The van der Waals surface area contributed by atoms with Crippen molar-refractivity contribution in [1.82, 2.24) is 24.8 Å². The van der Waals surface area contributed by atoms with Crippen LogP contribution in [-0.4, -0.2) is 94.2 Å². The Hall–Kier alpha value is -3.51. The number of halogens is 2. The third-order valence-corrected chi connectivity index (χ3v) is 8.85. The third kappa shape index (κ3) is 8.85. The molecule has 5 rings (SSSR count). The minimum Gasteiger partial charge on any atom is -0.469 e. The van der Waals surface area contributed by atoms with Crippen molar-refractivity contribution in [2.45, 2.75) is 45.8 Å². The van der Waals surface area contributed by atoms with Gasteiger partial charge in [0.1, 0.15) is 6.10 Å². The molecular weight excluding hydrogens is 631 g/mol. The lowest BCUT2D eigenvalue weighted by Crippen LogP contribution is -2.52. The molecule has 13 heteroatoms. The van der Waals surface area contributed by atoms with Crippen LogP contribution in [0.1, 0.15) is 38.7 Å². The molecule has 1 aromatic carbocycles. The van der Waals surface area contributed by atoms with Gasteiger partial charge in [-0.1, -0.05) is 37.0 Å². The molecule has 0 spiro atoms. The first-order valence-corrected chi connectivity index (χ1v) is 16.3. The Labute approximate surface area is 279 Å². The average Bonchev–Trinajstić information content (AvgIpc) is 3.04. The summed E-state index contributed by atoms with van der Waals surface area (Å²) in [6, 6.07) is 9.23. The zero-order valence-electron chi connectivity index (χ0n) is 26.4. The van der Waals surface area contributed by atoms with Gasteiger partial charge in [-0.3, -0.25) is 14.5 Å². The van der Waals surface area contributed by atoms with Crippen molar-refractivity contribution in [3.05, 3.63) is 58.3 Å². The molecule has 2 aliphatic rings. The summed E-state index contributed by atoms with van der Waals surface area (Å²) in [5.41, 5.74) is 2.45. The van der Waals surface area contributed by atoms with Crippen LogP contribution in [-0.2, 0) is 20.9 Å². The summed E-state index contributed by atoms with van der Waals surface area (Å²) in [5, 5.41) is 11.2. The summed E-state index contributed by atoms with van der Waals surface area (Å²) < 4.78 is 11.0. The normalized spacial score (nSPS) is 16.8. The number of pyridine rings is 1. The number of ether oxygens (including phenoxy) is 2. The van der Waals surface area contributed by atoms with Gasteiger partial charge >= 0.3 is 5.97 Å². The average molecular weight is 672 g/mol. The highest BCUT2D eigenvalue weighted by Gasteiger charge is 2.28. The number of aliphatic hydroxyl groups excluding tert-OH is 1. The lowest BCUT2D eigenvalue weighted by molar-refractivity contribution is -0.143. The molecule has 1 N–H and O–H groups in total. The fourth-order valence-electron chi connectivity index (χ4n) is 5.72. The first-order chi connectivity index (χ1) is 22.1. The quantitative estimate of drug-likeness (QED) is 0.292. The van der Waals surface area contributed by atoms with Crippen molar-refractivity contribution in [2.75, 3.05) is 51.3 Å². The van der Waals surface area contributed by atoms with Crippen molar-refractivity contribution >= 4 is 41.0 Å². The van der Waals surface area contributed by atoms with Crippen LogP contribution in [0.3, 0.4) is 0 Å². The lowest BCUT2D eigenvalue weighted by atomic mass is 9.93. The highest BCUT2D eigenvalue weighted by atomic mass is 35.5. The Kier molecular flexibility index (Phi) is 11.3. The maximum absolute atomic E-state index is 12.5. The molecule has 2 saturated heterocycles. The number of piperidine rings is 1. The second-order valence-electron chi connectivity index (χ2n) is 12.2. The van der Waals surface area contributed by atoms with Crippen LogP contribution in [0.15, 0.2) is 42.7 Å². The van der Waals surface area contributed by atoms with Gasteiger partial charge in [0.25, 0.3) is 5.91 Å². The largest absolute Gasteiger partial charge is 0.469 e. The first-order valence-electron chi connectivity index (χ1n) is 15.6. The summed E-state index contributed by atoms with van der Waals surface area (Å²) in [7, 11) is 1.43. The van der Waals surface area contributed by atoms with Crippen molar-refractivity contribution in [2.24, 2.45) is 11.8 Å². The number of hydrogen-bond donors (Lipinski definition) is 1. The molecule has 246 valence electrons. The van der Waals surface area contributed by atoms with Crippen LogP contribution in [0, 0.1) is 11.8 Å². The van der Waals surface area contributed by atoms with E-state index in [9.17, 15) is 14.7 Å². The lowest BCUT2D eigenvalue weighted by Gasteiger charge is -2.36. The smallest absolute Gasteiger partial charge is 0.305 e. The van der Waals surface area contributed by atoms with E-state index in [2.05, 4.69) is 14.9 Å². The molecule has 1 amide bonds. The number of carbonyl (C=O) groups is 2. The maximum Gasteiger partial charge on any atom is 0.305 e. The van der Waals surface area contributed by atoms with Crippen LogP contribution in [0.4, 0.5) is 5.95 Å². The summed E-state index contributed by atoms with van der Waals surface area (Å²) in [6.45, 7) is 8.18. The summed E-state index contributed by atoms with van der Waals surface area (Å²) in [6.07, 6.45) is 4.53. The second-order valence-corrected chi connectivity index (χ2v) is 13.1. The molecule has 0 radical (unpaired) electrons. The fraction of sp³-hybridized carbons (Fsp3) is 0.485. The number of nitrogens with zero attached hydrogens (tertiary/aromatic N) is 6. The van der Waals surface area contributed by atoms with Crippen LogP contribution in [0.2, 0.25) is 10.0 Å². The van der Waals surface area contributed by atoms with Crippen molar-refractivity contribution in [1.29, 1.82) is 0 Å². The Morgan fingerprint density at radius 3 is 2.22 bits per heavy atom. The molecule has 11 nitrogen and oxygen atoms in total. The van der Waals surface area contributed by atoms with E-state index in [0.29, 0.717) is 78.4 Å². The van der Waals surface area contributed by atoms with Crippen LogP contribution in [0.25, 0.3) is 11.3 Å². The molecule has 4 heterocycles. The summed E-state index contributed by atoms with van der Waals surface area (Å²) >= 11 is 12.6. The SMILES string of the molecule is COC(=O)CC1CCN(Cc2cc(Oc3cnc(N4CCN(C(=O)C(O)C(C)C)CC4)nc3)nc(-c3cc(Cl)cc(Cl)c3)c2)CC1. The van der Waals surface area contributed by atoms with Gasteiger partial charge in [-0.2, -0.15) is 0 Å². The first kappa shape index (κ1) is 33.8. The highest BCUT2D eigenvalue weighted by Crippen LogP contribution is 2.31. The standard InChI is InChI=1S/C33H40Cl2N6O5/c1-21(2)31(43)32(44)40-8-10-41(11-9-40)33-36-18-27(19-37-33)46-29-13-23(12-28(38-29)24-15-25(34)17-26(35)16-24)20-39-6-4-22(5-7-39)14-30(42)45-3/h12-13,15-19,21-22,31,43H,4-11,14,20H2,1-3H3. The van der Waals surface area contributed by atoms with E-state index >= 15 is 0 Å². The van der Waals surface area contributed by atoms with Gasteiger partial charge in [0.15, 0.2) is 5.75 Å². The van der Waals surface area contributed by atoms with Crippen molar-refractivity contribution in [3.63, 3.8) is 0 Å². The topological polar surface area (TPSA) is 121 Å². The second kappa shape index (κ2) is 15.4. The van der Waals surface area contributed by atoms with Crippen molar-refractivity contribution < 1.29 is 24.2 Å². The Balaban J connectivity index is 1.27. The molecular formula is C33H40Cl2N6O5. The number of piperazine rings is 1. The summed E-state index contributed by atoms with van der Waals surface area (Å²) in [5.74, 6) is 1.15. The number of aromatic nitrogens is 3. The van der Waals surface area contributed by atoms with Crippen molar-refractivity contribution in [3.8, 4) is 22.9 Å². The number of hydrogen-bond acceptors (Lipinski definition) is 10. The third-order valence-electron chi connectivity index (χ3n) is 8.41.